The van der Waals surface area contributed by atoms with Gasteiger partial charge in [-0.15, -0.1) is 6.58 Å². The highest BCUT2D eigenvalue weighted by atomic mass is 16.5. The maximum absolute atomic E-state index is 10.5. The minimum atomic E-state index is -0.325. The Morgan fingerprint density at radius 2 is 2.30 bits per heavy atom. The smallest absolute Gasteiger partial charge is 0.330 e. The normalized spacial score (nSPS) is 13.0. The van der Waals surface area contributed by atoms with Gasteiger partial charge in [-0.05, 0) is 5.92 Å². The fraction of sp³-hybridized carbons (Fsp3) is 0.375. The largest absolute Gasteiger partial charge is 0.466 e. The number of carbonyl (C=O) groups is 1. The molecule has 10 heavy (non-hydrogen) atoms. The molecular formula is C8H12O2. The van der Waals surface area contributed by atoms with Gasteiger partial charge in [0, 0.05) is 6.08 Å². The van der Waals surface area contributed by atoms with E-state index >= 15 is 0 Å². The average molecular weight is 140 g/mol. The van der Waals surface area contributed by atoms with Gasteiger partial charge in [0.2, 0.25) is 0 Å². The Labute approximate surface area is 61.2 Å². The first-order chi connectivity index (χ1) is 4.70. The Morgan fingerprint density at radius 1 is 1.70 bits per heavy atom. The topological polar surface area (TPSA) is 26.3 Å². The highest BCUT2D eigenvalue weighted by Crippen LogP contribution is 1.96. The van der Waals surface area contributed by atoms with Crippen molar-refractivity contribution in [3.63, 3.8) is 0 Å². The Kier molecular flexibility index (Phi) is 4.29. The van der Waals surface area contributed by atoms with Crippen LogP contribution < -0.4 is 0 Å². The van der Waals surface area contributed by atoms with Crippen molar-refractivity contribution in [3.8, 4) is 0 Å². The maximum Gasteiger partial charge on any atom is 0.330 e. The quantitative estimate of drug-likeness (QED) is 0.337. The Bertz CT molecular complexity index is 147. The van der Waals surface area contributed by atoms with Gasteiger partial charge >= 0.3 is 5.97 Å². The first-order valence-electron chi connectivity index (χ1n) is 3.09. The number of esters is 1. The van der Waals surface area contributed by atoms with Crippen molar-refractivity contribution in [1.82, 2.24) is 0 Å². The lowest BCUT2D eigenvalue weighted by atomic mass is 10.2. The highest BCUT2D eigenvalue weighted by Gasteiger charge is 1.91. The lowest BCUT2D eigenvalue weighted by Gasteiger charge is -1.94. The number of allylic oxidation sites excluding steroid dienone is 2. The fourth-order valence-corrected chi connectivity index (χ4v) is 0.377. The second-order valence-electron chi connectivity index (χ2n) is 1.98. The average Bonchev–Trinajstić information content (AvgIpc) is 1.99. The molecule has 0 radical (unpaired) electrons. The molecule has 0 aliphatic carbocycles. The van der Waals surface area contributed by atoms with E-state index < -0.39 is 0 Å². The SMILES string of the molecule is C=CC(C)/C=C/C(=O)OC. The lowest BCUT2D eigenvalue weighted by Crippen LogP contribution is -1.94. The molecule has 0 aliphatic heterocycles. The van der Waals surface area contributed by atoms with E-state index in [1.54, 1.807) is 12.2 Å². The molecule has 1 unspecified atom stereocenters. The van der Waals surface area contributed by atoms with Crippen molar-refractivity contribution < 1.29 is 9.53 Å². The molecule has 2 heteroatoms. The number of rotatable bonds is 3. The van der Waals surface area contributed by atoms with Gasteiger partial charge in [-0.1, -0.05) is 19.1 Å². The van der Waals surface area contributed by atoms with Crippen LogP contribution >= 0.6 is 0 Å². The molecule has 0 rings (SSSR count). The molecule has 2 nitrogen and oxygen atoms in total. The van der Waals surface area contributed by atoms with Gasteiger partial charge in [0.1, 0.15) is 0 Å². The molecule has 0 amide bonds. The first-order valence-corrected chi connectivity index (χ1v) is 3.09. The van der Waals surface area contributed by atoms with Crippen LogP contribution in [-0.2, 0) is 9.53 Å². The summed E-state index contributed by atoms with van der Waals surface area (Å²) in [6, 6.07) is 0. The van der Waals surface area contributed by atoms with Crippen LogP contribution in [-0.4, -0.2) is 13.1 Å². The van der Waals surface area contributed by atoms with Gasteiger partial charge in [-0.3, -0.25) is 0 Å². The number of ether oxygens (including phenoxy) is 1. The molecule has 0 saturated carbocycles. The molecule has 0 fully saturated rings. The molecule has 0 heterocycles. The summed E-state index contributed by atoms with van der Waals surface area (Å²) in [6.45, 7) is 5.50. The van der Waals surface area contributed by atoms with Gasteiger partial charge in [-0.25, -0.2) is 4.79 Å². The molecular weight excluding hydrogens is 128 g/mol. The van der Waals surface area contributed by atoms with Crippen LogP contribution in [0.3, 0.4) is 0 Å². The second-order valence-corrected chi connectivity index (χ2v) is 1.98. The molecule has 0 spiro atoms. The van der Waals surface area contributed by atoms with Gasteiger partial charge in [0.25, 0.3) is 0 Å². The van der Waals surface area contributed by atoms with Crippen LogP contribution in [0.2, 0.25) is 0 Å². The molecule has 0 aromatic heterocycles. The van der Waals surface area contributed by atoms with E-state index in [-0.39, 0.29) is 11.9 Å². The first kappa shape index (κ1) is 8.95. The number of methoxy groups -OCH3 is 1. The van der Waals surface area contributed by atoms with Crippen LogP contribution in [0.1, 0.15) is 6.92 Å². The predicted molar refractivity (Wildman–Crippen MR) is 40.5 cm³/mol. The highest BCUT2D eigenvalue weighted by molar-refractivity contribution is 5.81. The van der Waals surface area contributed by atoms with Crippen molar-refractivity contribution in [3.05, 3.63) is 24.8 Å². The molecule has 0 N–H and O–H groups in total. The molecule has 0 aromatic rings. The standard InChI is InChI=1S/C8H12O2/c1-4-7(2)5-6-8(9)10-3/h4-7H,1H2,2-3H3/b6-5+. The molecule has 0 aromatic carbocycles. The lowest BCUT2D eigenvalue weighted by molar-refractivity contribution is -0.134. The number of carbonyl (C=O) groups excluding carboxylic acids is 1. The molecule has 0 aliphatic rings. The van der Waals surface area contributed by atoms with E-state index in [0.29, 0.717) is 0 Å². The summed E-state index contributed by atoms with van der Waals surface area (Å²) < 4.78 is 4.39. The third-order valence-electron chi connectivity index (χ3n) is 1.11. The minimum Gasteiger partial charge on any atom is -0.466 e. The summed E-state index contributed by atoms with van der Waals surface area (Å²) in [4.78, 5) is 10.5. The summed E-state index contributed by atoms with van der Waals surface area (Å²) in [7, 11) is 1.35. The Hall–Kier alpha value is -1.05. The zero-order valence-electron chi connectivity index (χ0n) is 6.33. The summed E-state index contributed by atoms with van der Waals surface area (Å²) in [5.74, 6) is -0.104. The van der Waals surface area contributed by atoms with Crippen molar-refractivity contribution >= 4 is 5.97 Å². The second kappa shape index (κ2) is 4.79. The maximum atomic E-state index is 10.5. The van der Waals surface area contributed by atoms with Gasteiger partial charge in [0.15, 0.2) is 0 Å². The Morgan fingerprint density at radius 3 is 2.70 bits per heavy atom. The Balaban J connectivity index is 3.74. The molecule has 0 saturated heterocycles. The van der Waals surface area contributed by atoms with E-state index in [9.17, 15) is 4.79 Å². The van der Waals surface area contributed by atoms with Crippen LogP contribution in [0.4, 0.5) is 0 Å². The summed E-state index contributed by atoms with van der Waals surface area (Å²) >= 11 is 0. The number of hydrogen-bond acceptors (Lipinski definition) is 2. The zero-order chi connectivity index (χ0) is 7.98. The van der Waals surface area contributed by atoms with E-state index in [2.05, 4.69) is 11.3 Å². The molecule has 1 atom stereocenters. The zero-order valence-corrected chi connectivity index (χ0v) is 6.33. The van der Waals surface area contributed by atoms with Crippen LogP contribution in [0.15, 0.2) is 24.8 Å². The van der Waals surface area contributed by atoms with Crippen molar-refractivity contribution in [2.45, 2.75) is 6.92 Å². The third kappa shape index (κ3) is 3.89. The fourth-order valence-electron chi connectivity index (χ4n) is 0.377. The van der Waals surface area contributed by atoms with E-state index in [1.165, 1.54) is 13.2 Å². The van der Waals surface area contributed by atoms with Crippen molar-refractivity contribution in [2.24, 2.45) is 5.92 Å². The van der Waals surface area contributed by atoms with E-state index in [4.69, 9.17) is 0 Å². The molecule has 0 bridgehead atoms. The van der Waals surface area contributed by atoms with Gasteiger partial charge < -0.3 is 4.74 Å². The number of hydrogen-bond donors (Lipinski definition) is 0. The van der Waals surface area contributed by atoms with Gasteiger partial charge in [-0.2, -0.15) is 0 Å². The monoisotopic (exact) mass is 140 g/mol. The van der Waals surface area contributed by atoms with E-state index in [1.807, 2.05) is 6.92 Å². The predicted octanol–water partition coefficient (Wildman–Crippen LogP) is 1.54. The van der Waals surface area contributed by atoms with Crippen LogP contribution in [0, 0.1) is 5.92 Å². The van der Waals surface area contributed by atoms with Crippen LogP contribution in [0.25, 0.3) is 0 Å². The van der Waals surface area contributed by atoms with E-state index in [0.717, 1.165) is 0 Å². The van der Waals surface area contributed by atoms with Crippen LogP contribution in [0.5, 0.6) is 0 Å². The third-order valence-corrected chi connectivity index (χ3v) is 1.11. The van der Waals surface area contributed by atoms with Gasteiger partial charge in [0.05, 0.1) is 7.11 Å². The minimum absolute atomic E-state index is 0.221. The van der Waals surface area contributed by atoms with Crippen molar-refractivity contribution in [2.75, 3.05) is 7.11 Å². The summed E-state index contributed by atoms with van der Waals surface area (Å²) in [5, 5.41) is 0. The summed E-state index contributed by atoms with van der Waals surface area (Å²) in [5.41, 5.74) is 0. The summed E-state index contributed by atoms with van der Waals surface area (Å²) in [6.07, 6.45) is 4.88. The molecule has 56 valence electrons. The van der Waals surface area contributed by atoms with Crippen molar-refractivity contribution in [1.29, 1.82) is 0 Å².